The van der Waals surface area contributed by atoms with E-state index < -0.39 is 16.1 Å². The van der Waals surface area contributed by atoms with Crippen LogP contribution < -0.4 is 4.90 Å². The Hall–Kier alpha value is -1.75. The van der Waals surface area contributed by atoms with Crippen LogP contribution in [-0.4, -0.2) is 91.7 Å². The third kappa shape index (κ3) is 5.21. The number of pyridine rings is 1. The number of morpholine rings is 1. The number of hydrogen-bond acceptors (Lipinski definition) is 7. The number of sulfonamides is 1. The fourth-order valence-corrected chi connectivity index (χ4v) is 7.23. The van der Waals surface area contributed by atoms with Crippen molar-refractivity contribution in [2.24, 2.45) is 0 Å². The van der Waals surface area contributed by atoms with Crippen LogP contribution in [0.2, 0.25) is 0 Å². The molecule has 3 aliphatic rings. The number of amides is 1. The minimum atomic E-state index is -3.95. The van der Waals surface area contributed by atoms with Crippen LogP contribution in [0.25, 0.3) is 0 Å². The summed E-state index contributed by atoms with van der Waals surface area (Å²) >= 11 is 0. The van der Waals surface area contributed by atoms with E-state index in [2.05, 4.69) is 18.8 Å². The largest absolute Gasteiger partial charge is 0.377 e. The number of anilines is 1. The molecule has 0 spiro atoms. The Morgan fingerprint density at radius 2 is 1.83 bits per heavy atom. The van der Waals surface area contributed by atoms with E-state index >= 15 is 0 Å². The van der Waals surface area contributed by atoms with Crippen molar-refractivity contribution in [1.82, 2.24) is 14.2 Å². The van der Waals surface area contributed by atoms with Gasteiger partial charge in [0.25, 0.3) is 0 Å². The molecular weight excluding hydrogens is 468 g/mol. The molecule has 0 N–H and O–H groups in total. The van der Waals surface area contributed by atoms with Gasteiger partial charge in [0.1, 0.15) is 16.8 Å². The van der Waals surface area contributed by atoms with Gasteiger partial charge in [-0.25, -0.2) is 13.4 Å². The third-order valence-corrected chi connectivity index (χ3v) is 9.54. The second-order valence-corrected chi connectivity index (χ2v) is 12.8. The Labute approximate surface area is 209 Å². The summed E-state index contributed by atoms with van der Waals surface area (Å²) in [5, 5.41) is 0. The molecule has 1 unspecified atom stereocenters. The number of carbonyl (C=O) groups excluding carboxylic acids is 1. The van der Waals surface area contributed by atoms with Crippen molar-refractivity contribution in [2.45, 2.75) is 95.0 Å². The van der Waals surface area contributed by atoms with Crippen molar-refractivity contribution >= 4 is 21.7 Å². The van der Waals surface area contributed by atoms with Gasteiger partial charge in [0.05, 0.1) is 43.5 Å². The first-order valence-corrected chi connectivity index (χ1v) is 14.1. The third-order valence-electron chi connectivity index (χ3n) is 7.61. The Morgan fingerprint density at radius 3 is 2.46 bits per heavy atom. The summed E-state index contributed by atoms with van der Waals surface area (Å²) < 4.78 is 41.1. The van der Waals surface area contributed by atoms with Crippen LogP contribution in [0.3, 0.4) is 0 Å². The normalized spacial score (nSPS) is 29.8. The van der Waals surface area contributed by atoms with E-state index in [1.165, 1.54) is 4.31 Å². The SMILES string of the molecule is Cc1ccc(S(=O)(=O)N2CCC[C@H]2C(=O)N(C)C2CCC(C)(C)OC2)c(N2[C@@H](C)COC[C@@H]2C)n1. The van der Waals surface area contributed by atoms with Crippen LogP contribution >= 0.6 is 0 Å². The first kappa shape index (κ1) is 26.3. The molecule has 0 bridgehead atoms. The van der Waals surface area contributed by atoms with Crippen molar-refractivity contribution in [3.05, 3.63) is 17.8 Å². The zero-order valence-electron chi connectivity index (χ0n) is 21.9. The molecule has 35 heavy (non-hydrogen) atoms. The predicted octanol–water partition coefficient (Wildman–Crippen LogP) is 2.57. The van der Waals surface area contributed by atoms with Gasteiger partial charge in [-0.2, -0.15) is 4.31 Å². The van der Waals surface area contributed by atoms with E-state index in [4.69, 9.17) is 9.47 Å². The van der Waals surface area contributed by atoms with Gasteiger partial charge >= 0.3 is 0 Å². The van der Waals surface area contributed by atoms with Gasteiger partial charge in [-0.15, -0.1) is 0 Å². The van der Waals surface area contributed by atoms with Crippen molar-refractivity contribution in [3.63, 3.8) is 0 Å². The van der Waals surface area contributed by atoms with Crippen molar-refractivity contribution in [1.29, 1.82) is 0 Å². The van der Waals surface area contributed by atoms with Gasteiger partial charge in [-0.3, -0.25) is 4.79 Å². The fourth-order valence-electron chi connectivity index (χ4n) is 5.45. The lowest BCUT2D eigenvalue weighted by Crippen LogP contribution is -2.53. The summed E-state index contributed by atoms with van der Waals surface area (Å²) in [5.74, 6) is 0.289. The predicted molar refractivity (Wildman–Crippen MR) is 134 cm³/mol. The van der Waals surface area contributed by atoms with Crippen molar-refractivity contribution < 1.29 is 22.7 Å². The number of nitrogens with zero attached hydrogens (tertiary/aromatic N) is 4. The molecule has 3 saturated heterocycles. The highest BCUT2D eigenvalue weighted by atomic mass is 32.2. The molecular formula is C25H40N4O5S. The van der Waals surface area contributed by atoms with Crippen LogP contribution in [0.15, 0.2) is 17.0 Å². The first-order valence-electron chi connectivity index (χ1n) is 12.7. The number of rotatable bonds is 5. The Morgan fingerprint density at radius 1 is 1.14 bits per heavy atom. The van der Waals surface area contributed by atoms with Gasteiger partial charge in [0, 0.05) is 19.3 Å². The van der Waals surface area contributed by atoms with E-state index in [0.717, 1.165) is 18.5 Å². The highest BCUT2D eigenvalue weighted by molar-refractivity contribution is 7.89. The average molecular weight is 509 g/mol. The lowest BCUT2D eigenvalue weighted by atomic mass is 9.95. The van der Waals surface area contributed by atoms with Gasteiger partial charge in [-0.1, -0.05) is 0 Å². The van der Waals surface area contributed by atoms with E-state index in [0.29, 0.717) is 45.0 Å². The summed E-state index contributed by atoms with van der Waals surface area (Å²) in [4.78, 5) is 22.1. The summed E-state index contributed by atoms with van der Waals surface area (Å²) in [6, 6.07) is 2.58. The van der Waals surface area contributed by atoms with Crippen LogP contribution in [0.1, 0.15) is 59.1 Å². The molecule has 4 rings (SSSR count). The van der Waals surface area contributed by atoms with Crippen LogP contribution in [0.4, 0.5) is 5.82 Å². The second-order valence-electron chi connectivity index (χ2n) is 10.9. The van der Waals surface area contributed by atoms with E-state index in [1.54, 1.807) is 24.1 Å². The van der Waals surface area contributed by atoms with Crippen molar-refractivity contribution in [2.75, 3.05) is 38.3 Å². The number of hydrogen-bond donors (Lipinski definition) is 0. The van der Waals surface area contributed by atoms with Crippen molar-refractivity contribution in [3.8, 4) is 0 Å². The standard InChI is InChI=1S/C25H40N4O5S/c1-17-9-10-22(23(26-17)29-18(2)14-33-15-19(29)3)35(31,32)28-13-7-8-21(28)24(30)27(6)20-11-12-25(4,5)34-16-20/h9-10,18-21H,7-8,11-16H2,1-6H3/t18-,19-,20?,21-/m0/s1. The van der Waals surface area contributed by atoms with Gasteiger partial charge in [-0.05, 0) is 72.4 Å². The fraction of sp³-hybridized carbons (Fsp3) is 0.760. The molecule has 1 aromatic heterocycles. The monoisotopic (exact) mass is 508 g/mol. The average Bonchev–Trinajstić information content (AvgIpc) is 3.29. The zero-order chi connectivity index (χ0) is 25.5. The molecule has 1 amide bonds. The minimum Gasteiger partial charge on any atom is -0.377 e. The smallest absolute Gasteiger partial charge is 0.247 e. The minimum absolute atomic E-state index is 0.0142. The van der Waals surface area contributed by atoms with Gasteiger partial charge in [0.15, 0.2) is 0 Å². The lowest BCUT2D eigenvalue weighted by Gasteiger charge is -2.41. The molecule has 3 aliphatic heterocycles. The first-order chi connectivity index (χ1) is 16.4. The molecule has 4 atom stereocenters. The highest BCUT2D eigenvalue weighted by Crippen LogP contribution is 2.35. The number of likely N-dealkylation sites (N-methyl/N-ethyl adjacent to an activating group) is 1. The molecule has 9 nitrogen and oxygen atoms in total. The quantitative estimate of drug-likeness (QED) is 0.604. The Balaban J connectivity index is 1.62. The summed E-state index contributed by atoms with van der Waals surface area (Å²) in [5.41, 5.74) is 0.560. The molecule has 0 saturated carbocycles. The molecule has 10 heteroatoms. The molecule has 4 heterocycles. The highest BCUT2D eigenvalue weighted by Gasteiger charge is 2.44. The molecule has 196 valence electrons. The molecule has 1 aromatic rings. The van der Waals surface area contributed by atoms with E-state index in [1.807, 2.05) is 25.7 Å². The topological polar surface area (TPSA) is 92.3 Å². The number of carbonyl (C=O) groups is 1. The van der Waals surface area contributed by atoms with Gasteiger partial charge < -0.3 is 19.3 Å². The number of aromatic nitrogens is 1. The Bertz CT molecular complexity index is 1030. The molecule has 0 radical (unpaired) electrons. The number of aryl methyl sites for hydroxylation is 1. The summed E-state index contributed by atoms with van der Waals surface area (Å²) in [6.45, 7) is 11.8. The van der Waals surface area contributed by atoms with E-state index in [9.17, 15) is 13.2 Å². The molecule has 3 fully saturated rings. The Kier molecular flexibility index (Phi) is 7.48. The molecule has 0 aromatic carbocycles. The van der Waals surface area contributed by atoms with E-state index in [-0.39, 0.29) is 34.5 Å². The zero-order valence-corrected chi connectivity index (χ0v) is 22.7. The van der Waals surface area contributed by atoms with Gasteiger partial charge in [0.2, 0.25) is 15.9 Å². The lowest BCUT2D eigenvalue weighted by molar-refractivity contribution is -0.143. The van der Waals surface area contributed by atoms with Crippen LogP contribution in [-0.2, 0) is 24.3 Å². The second kappa shape index (κ2) is 9.95. The summed E-state index contributed by atoms with van der Waals surface area (Å²) in [7, 11) is -2.18. The van der Waals surface area contributed by atoms with Crippen LogP contribution in [0, 0.1) is 6.92 Å². The summed E-state index contributed by atoms with van der Waals surface area (Å²) in [6.07, 6.45) is 2.86. The van der Waals surface area contributed by atoms with Crippen LogP contribution in [0.5, 0.6) is 0 Å². The maximum atomic E-state index is 14.1. The maximum Gasteiger partial charge on any atom is 0.247 e. The molecule has 0 aliphatic carbocycles. The number of ether oxygens (including phenoxy) is 2. The maximum absolute atomic E-state index is 14.1.